The lowest BCUT2D eigenvalue weighted by molar-refractivity contribution is 0.00945. The number of hydrogen-bond donors (Lipinski definition) is 1. The van der Waals surface area contributed by atoms with Crippen molar-refractivity contribution in [1.29, 1.82) is 0 Å². The van der Waals surface area contributed by atoms with Crippen LogP contribution in [0.3, 0.4) is 0 Å². The maximum atomic E-state index is 13.1. The molecule has 1 saturated carbocycles. The zero-order chi connectivity index (χ0) is 20.1. The van der Waals surface area contributed by atoms with Gasteiger partial charge in [-0.2, -0.15) is 0 Å². The zero-order valence-electron chi connectivity index (χ0n) is 16.5. The van der Waals surface area contributed by atoms with Crippen LogP contribution in [0.1, 0.15) is 64.7 Å². The van der Waals surface area contributed by atoms with Crippen LogP contribution in [0.15, 0.2) is 27.5 Å². The largest absolute Gasteiger partial charge is 0.444 e. The lowest BCUT2D eigenvalue weighted by atomic mass is 9.85. The van der Waals surface area contributed by atoms with E-state index in [0.29, 0.717) is 22.6 Å². The SMILES string of the molecule is CC(C)(C)OC(=O)N1[C@H](c2nc3cc(Br)ccc3c(=O)[nH]2)C[C@@H]2CCCC[C@@H]21. The highest BCUT2D eigenvalue weighted by Crippen LogP contribution is 2.46. The Kier molecular flexibility index (Phi) is 4.98. The first-order chi connectivity index (χ1) is 13.2. The number of rotatable bonds is 1. The molecule has 1 aromatic heterocycles. The van der Waals surface area contributed by atoms with Gasteiger partial charge in [0.2, 0.25) is 0 Å². The van der Waals surface area contributed by atoms with Crippen LogP contribution in [-0.4, -0.2) is 32.6 Å². The Morgan fingerprint density at radius 1 is 1.29 bits per heavy atom. The molecule has 7 heteroatoms. The Morgan fingerprint density at radius 3 is 2.79 bits per heavy atom. The number of H-pyrrole nitrogens is 1. The van der Waals surface area contributed by atoms with Crippen molar-refractivity contribution in [3.8, 4) is 0 Å². The summed E-state index contributed by atoms with van der Waals surface area (Å²) in [6.45, 7) is 5.63. The third-order valence-electron chi connectivity index (χ3n) is 5.69. The molecule has 2 aromatic rings. The molecule has 150 valence electrons. The van der Waals surface area contributed by atoms with Gasteiger partial charge in [-0.25, -0.2) is 9.78 Å². The van der Waals surface area contributed by atoms with Crippen molar-refractivity contribution in [2.45, 2.75) is 70.6 Å². The molecule has 0 unspecified atom stereocenters. The van der Waals surface area contributed by atoms with Crippen LogP contribution >= 0.6 is 15.9 Å². The van der Waals surface area contributed by atoms with Gasteiger partial charge in [0.15, 0.2) is 0 Å². The highest BCUT2D eigenvalue weighted by atomic mass is 79.9. The van der Waals surface area contributed by atoms with Crippen LogP contribution in [0.2, 0.25) is 0 Å². The number of ether oxygens (including phenoxy) is 1. The number of hydrogen-bond acceptors (Lipinski definition) is 4. The minimum atomic E-state index is -0.566. The van der Waals surface area contributed by atoms with Crippen LogP contribution in [0.25, 0.3) is 10.9 Å². The summed E-state index contributed by atoms with van der Waals surface area (Å²) in [6.07, 6.45) is 4.87. The highest BCUT2D eigenvalue weighted by Gasteiger charge is 2.47. The van der Waals surface area contributed by atoms with Gasteiger partial charge in [0, 0.05) is 10.5 Å². The smallest absolute Gasteiger partial charge is 0.411 e. The summed E-state index contributed by atoms with van der Waals surface area (Å²) >= 11 is 3.45. The van der Waals surface area contributed by atoms with Gasteiger partial charge in [-0.05, 0) is 64.2 Å². The molecular weight excluding hydrogens is 422 g/mol. The number of fused-ring (bicyclic) bond motifs is 2. The van der Waals surface area contributed by atoms with Gasteiger partial charge in [-0.3, -0.25) is 9.69 Å². The molecule has 1 aromatic carbocycles. The molecule has 1 saturated heterocycles. The molecule has 3 atom stereocenters. The molecule has 1 amide bonds. The maximum absolute atomic E-state index is 13.1. The molecule has 2 heterocycles. The third-order valence-corrected chi connectivity index (χ3v) is 6.19. The monoisotopic (exact) mass is 447 g/mol. The topological polar surface area (TPSA) is 75.3 Å². The van der Waals surface area contributed by atoms with E-state index in [-0.39, 0.29) is 23.7 Å². The average Bonchev–Trinajstić information content (AvgIpc) is 2.99. The van der Waals surface area contributed by atoms with E-state index >= 15 is 0 Å². The number of carbonyl (C=O) groups is 1. The van der Waals surface area contributed by atoms with E-state index < -0.39 is 5.60 Å². The van der Waals surface area contributed by atoms with Gasteiger partial charge in [-0.15, -0.1) is 0 Å². The fourth-order valence-electron chi connectivity index (χ4n) is 4.57. The van der Waals surface area contributed by atoms with Gasteiger partial charge in [0.25, 0.3) is 5.56 Å². The summed E-state index contributed by atoms with van der Waals surface area (Å²) in [6, 6.07) is 5.31. The van der Waals surface area contributed by atoms with E-state index in [1.807, 2.05) is 37.8 Å². The zero-order valence-corrected chi connectivity index (χ0v) is 18.1. The first-order valence-corrected chi connectivity index (χ1v) is 10.7. The highest BCUT2D eigenvalue weighted by molar-refractivity contribution is 9.10. The van der Waals surface area contributed by atoms with Crippen molar-refractivity contribution < 1.29 is 9.53 Å². The van der Waals surface area contributed by atoms with Crippen molar-refractivity contribution in [2.24, 2.45) is 5.92 Å². The first kappa shape index (κ1) is 19.4. The summed E-state index contributed by atoms with van der Waals surface area (Å²) in [4.78, 5) is 35.2. The Bertz CT molecular complexity index is 966. The number of likely N-dealkylation sites (tertiary alicyclic amines) is 1. The normalized spacial score (nSPS) is 25.0. The van der Waals surface area contributed by atoms with E-state index in [4.69, 9.17) is 9.72 Å². The second-order valence-corrected chi connectivity index (χ2v) is 9.78. The second-order valence-electron chi connectivity index (χ2n) is 8.86. The summed E-state index contributed by atoms with van der Waals surface area (Å²) in [5.74, 6) is 0.977. The van der Waals surface area contributed by atoms with E-state index in [2.05, 4.69) is 20.9 Å². The van der Waals surface area contributed by atoms with Crippen molar-refractivity contribution in [1.82, 2.24) is 14.9 Å². The number of carbonyl (C=O) groups excluding carboxylic acids is 1. The van der Waals surface area contributed by atoms with Crippen molar-refractivity contribution >= 4 is 32.9 Å². The molecule has 1 aliphatic heterocycles. The molecule has 0 spiro atoms. The predicted octanol–water partition coefficient (Wildman–Crippen LogP) is 4.93. The average molecular weight is 448 g/mol. The lowest BCUT2D eigenvalue weighted by Crippen LogP contribution is -2.43. The summed E-state index contributed by atoms with van der Waals surface area (Å²) in [5.41, 5.74) is -0.109. The number of amides is 1. The molecule has 6 nitrogen and oxygen atoms in total. The van der Waals surface area contributed by atoms with Gasteiger partial charge >= 0.3 is 6.09 Å². The van der Waals surface area contributed by atoms with E-state index in [0.717, 1.165) is 30.2 Å². The molecule has 2 fully saturated rings. The second kappa shape index (κ2) is 7.17. The fourth-order valence-corrected chi connectivity index (χ4v) is 4.92. The number of nitrogens with one attached hydrogen (secondary N) is 1. The van der Waals surface area contributed by atoms with Gasteiger partial charge < -0.3 is 9.72 Å². The number of aromatic nitrogens is 2. The van der Waals surface area contributed by atoms with Crippen LogP contribution in [-0.2, 0) is 4.74 Å². The summed E-state index contributed by atoms with van der Waals surface area (Å²) in [7, 11) is 0. The molecule has 1 aliphatic carbocycles. The molecule has 2 aliphatic rings. The Hall–Kier alpha value is -1.89. The molecule has 0 bridgehead atoms. The van der Waals surface area contributed by atoms with Crippen molar-refractivity contribution in [2.75, 3.05) is 0 Å². The van der Waals surface area contributed by atoms with Crippen molar-refractivity contribution in [3.63, 3.8) is 0 Å². The van der Waals surface area contributed by atoms with E-state index in [1.54, 1.807) is 6.07 Å². The molecule has 28 heavy (non-hydrogen) atoms. The number of aromatic amines is 1. The van der Waals surface area contributed by atoms with Crippen LogP contribution in [0.5, 0.6) is 0 Å². The van der Waals surface area contributed by atoms with E-state index in [9.17, 15) is 9.59 Å². The number of benzene rings is 1. The fraction of sp³-hybridized carbons (Fsp3) is 0.571. The van der Waals surface area contributed by atoms with Crippen molar-refractivity contribution in [3.05, 3.63) is 38.9 Å². The van der Waals surface area contributed by atoms with Crippen LogP contribution < -0.4 is 5.56 Å². The van der Waals surface area contributed by atoms with Gasteiger partial charge in [-0.1, -0.05) is 28.8 Å². The number of nitrogens with zero attached hydrogens (tertiary/aromatic N) is 2. The van der Waals surface area contributed by atoms with Gasteiger partial charge in [0.1, 0.15) is 11.4 Å². The quantitative estimate of drug-likeness (QED) is 0.672. The first-order valence-electron chi connectivity index (χ1n) is 9.94. The molecule has 1 N–H and O–H groups in total. The molecule has 0 radical (unpaired) electrons. The Labute approximate surface area is 172 Å². The van der Waals surface area contributed by atoms with Gasteiger partial charge in [0.05, 0.1) is 16.9 Å². The summed E-state index contributed by atoms with van der Waals surface area (Å²) in [5, 5.41) is 0.547. The van der Waals surface area contributed by atoms with E-state index in [1.165, 1.54) is 6.42 Å². The maximum Gasteiger partial charge on any atom is 0.411 e. The minimum absolute atomic E-state index is 0.150. The number of halogens is 1. The summed E-state index contributed by atoms with van der Waals surface area (Å²) < 4.78 is 6.59. The lowest BCUT2D eigenvalue weighted by Gasteiger charge is -2.35. The van der Waals surface area contributed by atoms with Crippen LogP contribution in [0.4, 0.5) is 4.79 Å². The standard InChI is InChI=1S/C21H26BrN3O3/c1-21(2,3)28-20(27)25-16-7-5-4-6-12(16)10-17(25)18-23-15-11-13(22)8-9-14(15)19(26)24-18/h8-9,11-12,16-17H,4-7,10H2,1-3H3,(H,23,24,26)/t12-,16-,17-/m0/s1. The van der Waals surface area contributed by atoms with Crippen LogP contribution in [0, 0.1) is 5.92 Å². The minimum Gasteiger partial charge on any atom is -0.444 e. The molecular formula is C21H26BrN3O3. The Balaban J connectivity index is 1.76. The molecule has 4 rings (SSSR count). The predicted molar refractivity (Wildman–Crippen MR) is 111 cm³/mol. The third kappa shape index (κ3) is 3.69. The Morgan fingerprint density at radius 2 is 2.04 bits per heavy atom.